The lowest BCUT2D eigenvalue weighted by Gasteiger charge is -2.26. The maximum atomic E-state index is 13.2. The summed E-state index contributed by atoms with van der Waals surface area (Å²) in [5.41, 5.74) is 4.93. The molecule has 2 N–H and O–H groups in total. The maximum Gasteiger partial charge on any atom is 0.256 e. The topological polar surface area (TPSA) is 105 Å². The van der Waals surface area contributed by atoms with Gasteiger partial charge in [0.1, 0.15) is 6.23 Å². The van der Waals surface area contributed by atoms with Gasteiger partial charge < -0.3 is 34.3 Å². The SMILES string of the molecule is C=C1C[C@H]2CNc3cc(OCCCCCOc4cc5c(cc4OC)C(O)N4CC(=C)C[C@H]4C=N5)c(OC)cc3C(=O)N2C1. The van der Waals surface area contributed by atoms with Gasteiger partial charge in [0.25, 0.3) is 5.91 Å². The van der Waals surface area contributed by atoms with E-state index in [9.17, 15) is 9.90 Å². The van der Waals surface area contributed by atoms with Crippen LogP contribution >= 0.6 is 0 Å². The normalized spacial score (nSPS) is 22.6. The quantitative estimate of drug-likeness (QED) is 0.300. The van der Waals surface area contributed by atoms with E-state index in [4.69, 9.17) is 18.9 Å². The van der Waals surface area contributed by atoms with Gasteiger partial charge in [0.05, 0.1) is 56.5 Å². The van der Waals surface area contributed by atoms with Crippen molar-refractivity contribution in [2.75, 3.05) is 52.4 Å². The molecule has 0 spiro atoms. The molecule has 2 aromatic rings. The molecule has 0 aliphatic carbocycles. The van der Waals surface area contributed by atoms with E-state index in [0.717, 1.165) is 48.9 Å². The fourth-order valence-electron chi connectivity index (χ4n) is 6.34. The number of hydrogen-bond acceptors (Lipinski definition) is 9. The minimum absolute atomic E-state index is 0.00536. The molecule has 1 unspecified atom stereocenters. The van der Waals surface area contributed by atoms with Crippen LogP contribution in [0, 0.1) is 0 Å². The number of nitrogens with one attached hydrogen (secondary N) is 1. The minimum Gasteiger partial charge on any atom is -0.493 e. The number of ether oxygens (including phenoxy) is 4. The molecule has 2 saturated heterocycles. The van der Waals surface area contributed by atoms with Crippen molar-refractivity contribution >= 4 is 23.5 Å². The second kappa shape index (κ2) is 12.3. The lowest BCUT2D eigenvalue weighted by atomic mass is 10.1. The minimum atomic E-state index is -0.780. The summed E-state index contributed by atoms with van der Waals surface area (Å²) in [5, 5.41) is 14.5. The first-order chi connectivity index (χ1) is 20.9. The van der Waals surface area contributed by atoms with Gasteiger partial charge in [0, 0.05) is 43.5 Å². The van der Waals surface area contributed by atoms with Crippen LogP contribution in [0.25, 0.3) is 0 Å². The smallest absolute Gasteiger partial charge is 0.256 e. The molecule has 4 aliphatic heterocycles. The number of amides is 1. The molecule has 43 heavy (non-hydrogen) atoms. The van der Waals surface area contributed by atoms with Crippen molar-refractivity contribution in [1.82, 2.24) is 9.80 Å². The van der Waals surface area contributed by atoms with Crippen molar-refractivity contribution in [3.63, 3.8) is 0 Å². The molecule has 0 aromatic heterocycles. The molecule has 1 amide bonds. The third kappa shape index (κ3) is 5.81. The standard InChI is InChI=1S/C33H40N4O6/c1-20-10-22-16-34-26-14-30(28(40-3)12-24(26)32(38)36(22)18-20)42-8-6-5-7-9-43-31-15-27-25(13-29(31)41-4)33(39)37-19-21(2)11-23(37)17-35-27/h12-16,22-23,32,35,38H,1-2,5-11,17-19H2,3-4H3/t22-,23-,32?/m0/s1. The highest BCUT2D eigenvalue weighted by molar-refractivity contribution is 6.01. The molecule has 0 bridgehead atoms. The van der Waals surface area contributed by atoms with Crippen LogP contribution in [-0.2, 0) is 0 Å². The van der Waals surface area contributed by atoms with Crippen molar-refractivity contribution in [2.45, 2.75) is 50.4 Å². The van der Waals surface area contributed by atoms with Gasteiger partial charge >= 0.3 is 0 Å². The molecule has 2 aromatic carbocycles. The number of unbranched alkanes of at least 4 members (excludes halogenated alkanes) is 2. The lowest BCUT2D eigenvalue weighted by Crippen LogP contribution is -2.36. The predicted molar refractivity (Wildman–Crippen MR) is 165 cm³/mol. The van der Waals surface area contributed by atoms with Gasteiger partial charge in [-0.05, 0) is 44.2 Å². The third-order valence-electron chi connectivity index (χ3n) is 8.61. The first-order valence-corrected chi connectivity index (χ1v) is 14.9. The van der Waals surface area contributed by atoms with E-state index in [1.165, 1.54) is 0 Å². The first-order valence-electron chi connectivity index (χ1n) is 14.9. The van der Waals surface area contributed by atoms with Gasteiger partial charge in [-0.3, -0.25) is 14.7 Å². The van der Waals surface area contributed by atoms with Crippen LogP contribution in [0.2, 0.25) is 0 Å². The number of rotatable bonds is 10. The summed E-state index contributed by atoms with van der Waals surface area (Å²) < 4.78 is 23.3. The summed E-state index contributed by atoms with van der Waals surface area (Å²) in [7, 11) is 3.19. The number of methoxy groups -OCH3 is 2. The second-order valence-electron chi connectivity index (χ2n) is 11.6. The fraction of sp³-hybridized carbons (Fsp3) is 0.455. The molecular weight excluding hydrogens is 548 g/mol. The second-order valence-corrected chi connectivity index (χ2v) is 11.6. The zero-order valence-electron chi connectivity index (χ0n) is 24.9. The molecule has 10 heteroatoms. The predicted octanol–water partition coefficient (Wildman–Crippen LogP) is 4.87. The highest BCUT2D eigenvalue weighted by Gasteiger charge is 2.36. The van der Waals surface area contributed by atoms with Gasteiger partial charge in [-0.1, -0.05) is 24.3 Å². The summed E-state index contributed by atoms with van der Waals surface area (Å²) in [6.45, 7) is 11.1. The summed E-state index contributed by atoms with van der Waals surface area (Å²) >= 11 is 0. The molecule has 0 radical (unpaired) electrons. The third-order valence-corrected chi connectivity index (χ3v) is 8.61. The average Bonchev–Trinajstić information content (AvgIpc) is 3.51. The molecule has 10 nitrogen and oxygen atoms in total. The van der Waals surface area contributed by atoms with Crippen LogP contribution in [0.3, 0.4) is 0 Å². The summed E-state index contributed by atoms with van der Waals surface area (Å²) in [6, 6.07) is 7.47. The Morgan fingerprint density at radius 1 is 0.930 bits per heavy atom. The molecule has 0 saturated carbocycles. The van der Waals surface area contributed by atoms with Crippen LogP contribution in [0.1, 0.15) is 54.3 Å². The van der Waals surface area contributed by atoms with Crippen LogP contribution in [0.5, 0.6) is 23.0 Å². The Hall–Kier alpha value is -4.02. The molecule has 228 valence electrons. The van der Waals surface area contributed by atoms with E-state index in [2.05, 4.69) is 23.5 Å². The number of aliphatic hydroxyl groups excluding tert-OH is 1. The van der Waals surface area contributed by atoms with Crippen molar-refractivity contribution < 1.29 is 28.8 Å². The monoisotopic (exact) mass is 588 g/mol. The van der Waals surface area contributed by atoms with E-state index < -0.39 is 6.23 Å². The van der Waals surface area contributed by atoms with E-state index in [-0.39, 0.29) is 18.0 Å². The van der Waals surface area contributed by atoms with Gasteiger partial charge in [-0.2, -0.15) is 0 Å². The zero-order chi connectivity index (χ0) is 30.1. The van der Waals surface area contributed by atoms with Crippen LogP contribution < -0.4 is 24.3 Å². The van der Waals surface area contributed by atoms with Gasteiger partial charge in [0.15, 0.2) is 23.0 Å². The number of carbonyl (C=O) groups is 1. The highest BCUT2D eigenvalue weighted by atomic mass is 16.5. The molecule has 2 fully saturated rings. The Bertz CT molecular complexity index is 1460. The lowest BCUT2D eigenvalue weighted by molar-refractivity contribution is 0.0112. The highest BCUT2D eigenvalue weighted by Crippen LogP contribution is 2.42. The number of hydrogen-bond donors (Lipinski definition) is 2. The fourth-order valence-corrected chi connectivity index (χ4v) is 6.34. The largest absolute Gasteiger partial charge is 0.493 e. The van der Waals surface area contributed by atoms with E-state index in [1.807, 2.05) is 34.2 Å². The van der Waals surface area contributed by atoms with Crippen molar-refractivity contribution in [3.05, 3.63) is 59.7 Å². The van der Waals surface area contributed by atoms with Gasteiger partial charge in [-0.25, -0.2) is 0 Å². The number of nitrogens with zero attached hydrogens (tertiary/aromatic N) is 3. The summed E-state index contributed by atoms with van der Waals surface area (Å²) in [6.07, 6.45) is 5.28. The Labute approximate surface area is 252 Å². The van der Waals surface area contributed by atoms with E-state index >= 15 is 0 Å². The Balaban J connectivity index is 1.01. The molecule has 4 heterocycles. The number of carbonyl (C=O) groups excluding carboxylic acids is 1. The van der Waals surface area contributed by atoms with Gasteiger partial charge in [0.2, 0.25) is 0 Å². The Morgan fingerprint density at radius 3 is 2.37 bits per heavy atom. The Kier molecular flexibility index (Phi) is 8.32. The van der Waals surface area contributed by atoms with Crippen molar-refractivity contribution in [1.29, 1.82) is 0 Å². The van der Waals surface area contributed by atoms with E-state index in [0.29, 0.717) is 72.7 Å². The summed E-state index contributed by atoms with van der Waals surface area (Å²) in [4.78, 5) is 21.7. The van der Waals surface area contributed by atoms with Crippen LogP contribution in [0.15, 0.2) is 53.6 Å². The number of anilines is 1. The molecule has 4 aliphatic rings. The van der Waals surface area contributed by atoms with Crippen molar-refractivity contribution in [2.24, 2.45) is 4.99 Å². The molecular formula is C33H40N4O6. The van der Waals surface area contributed by atoms with Gasteiger partial charge in [-0.15, -0.1) is 0 Å². The number of aliphatic imine (C=N–C) groups is 1. The zero-order valence-corrected chi connectivity index (χ0v) is 24.9. The Morgan fingerprint density at radius 2 is 1.63 bits per heavy atom. The van der Waals surface area contributed by atoms with E-state index in [1.54, 1.807) is 20.3 Å². The van der Waals surface area contributed by atoms with Crippen LogP contribution in [-0.4, -0.2) is 86.2 Å². The summed E-state index contributed by atoms with van der Waals surface area (Å²) in [5.74, 6) is 2.33. The molecule has 6 rings (SSSR count). The number of fused-ring (bicyclic) bond motifs is 4. The number of aliphatic hydroxyl groups is 1. The van der Waals surface area contributed by atoms with Crippen LogP contribution in [0.4, 0.5) is 11.4 Å². The first kappa shape index (κ1) is 29.1. The maximum absolute atomic E-state index is 13.2. The number of benzene rings is 2. The van der Waals surface area contributed by atoms with Crippen molar-refractivity contribution in [3.8, 4) is 23.0 Å². The average molecular weight is 589 g/mol. The molecule has 3 atom stereocenters.